The Kier molecular flexibility index (Phi) is 5.56. The molecule has 5 heteroatoms. The SMILES string of the molecule is CNC(C)(CCN(C)CC1CCN(C)C1)C(N)=O. The van der Waals surface area contributed by atoms with Crippen LogP contribution in [0.4, 0.5) is 0 Å². The molecule has 0 spiro atoms. The molecule has 1 fully saturated rings. The maximum absolute atomic E-state index is 11.4. The molecule has 3 N–H and O–H groups in total. The standard InChI is InChI=1S/C13H28N4O/c1-13(15-2,12(14)18)6-8-17(4)10-11-5-7-16(3)9-11/h11,15H,5-10H2,1-4H3,(H2,14,18). The third-order valence-corrected chi connectivity index (χ3v) is 4.15. The van der Waals surface area contributed by atoms with E-state index in [9.17, 15) is 4.79 Å². The molecule has 0 aromatic rings. The van der Waals surface area contributed by atoms with Crippen LogP contribution in [0, 0.1) is 5.92 Å². The molecular weight excluding hydrogens is 228 g/mol. The van der Waals surface area contributed by atoms with E-state index in [1.807, 2.05) is 6.92 Å². The average molecular weight is 256 g/mol. The van der Waals surface area contributed by atoms with Crippen LogP contribution in [0.2, 0.25) is 0 Å². The second-order valence-electron chi connectivity index (χ2n) is 5.88. The normalized spacial score (nSPS) is 24.4. The number of likely N-dealkylation sites (tertiary alicyclic amines) is 1. The third kappa shape index (κ3) is 4.23. The summed E-state index contributed by atoms with van der Waals surface area (Å²) < 4.78 is 0. The molecule has 1 aliphatic rings. The summed E-state index contributed by atoms with van der Waals surface area (Å²) in [6.07, 6.45) is 2.03. The first kappa shape index (κ1) is 15.4. The minimum Gasteiger partial charge on any atom is -0.368 e. The van der Waals surface area contributed by atoms with Gasteiger partial charge in [-0.1, -0.05) is 0 Å². The lowest BCUT2D eigenvalue weighted by Crippen LogP contribution is -2.53. The molecule has 1 rings (SSSR count). The molecule has 18 heavy (non-hydrogen) atoms. The van der Waals surface area contributed by atoms with Gasteiger partial charge in [-0.15, -0.1) is 0 Å². The lowest BCUT2D eigenvalue weighted by atomic mass is 9.97. The highest BCUT2D eigenvalue weighted by molar-refractivity contribution is 5.84. The Balaban J connectivity index is 2.32. The summed E-state index contributed by atoms with van der Waals surface area (Å²) in [6, 6.07) is 0. The van der Waals surface area contributed by atoms with Crippen molar-refractivity contribution in [1.29, 1.82) is 0 Å². The van der Waals surface area contributed by atoms with Crippen molar-refractivity contribution in [2.45, 2.75) is 25.3 Å². The molecule has 5 nitrogen and oxygen atoms in total. The highest BCUT2D eigenvalue weighted by Gasteiger charge is 2.29. The molecule has 1 amide bonds. The maximum Gasteiger partial charge on any atom is 0.237 e. The van der Waals surface area contributed by atoms with Crippen LogP contribution < -0.4 is 11.1 Å². The van der Waals surface area contributed by atoms with Gasteiger partial charge in [-0.05, 0) is 53.4 Å². The van der Waals surface area contributed by atoms with Crippen molar-refractivity contribution in [3.63, 3.8) is 0 Å². The summed E-state index contributed by atoms with van der Waals surface area (Å²) in [5.74, 6) is 0.480. The zero-order valence-corrected chi connectivity index (χ0v) is 12.2. The number of hydrogen-bond acceptors (Lipinski definition) is 4. The number of primary amides is 1. The van der Waals surface area contributed by atoms with E-state index in [4.69, 9.17) is 5.73 Å². The summed E-state index contributed by atoms with van der Waals surface area (Å²) in [5.41, 5.74) is 4.83. The van der Waals surface area contributed by atoms with Crippen molar-refractivity contribution in [3.05, 3.63) is 0 Å². The molecule has 0 radical (unpaired) electrons. The second kappa shape index (κ2) is 6.50. The fourth-order valence-corrected chi connectivity index (χ4v) is 2.49. The first-order chi connectivity index (χ1) is 8.37. The number of hydrogen-bond donors (Lipinski definition) is 2. The summed E-state index contributed by atoms with van der Waals surface area (Å²) in [7, 11) is 6.08. The fourth-order valence-electron chi connectivity index (χ4n) is 2.49. The monoisotopic (exact) mass is 256 g/mol. The predicted octanol–water partition coefficient (Wildman–Crippen LogP) is -0.277. The minimum atomic E-state index is -0.597. The number of carbonyl (C=O) groups excluding carboxylic acids is 1. The zero-order valence-electron chi connectivity index (χ0n) is 12.2. The highest BCUT2D eigenvalue weighted by Crippen LogP contribution is 2.16. The van der Waals surface area contributed by atoms with Crippen LogP contribution in [0.5, 0.6) is 0 Å². The van der Waals surface area contributed by atoms with E-state index in [2.05, 4.69) is 29.2 Å². The molecule has 0 aromatic heterocycles. The van der Waals surface area contributed by atoms with Crippen molar-refractivity contribution in [2.75, 3.05) is 47.3 Å². The Morgan fingerprint density at radius 1 is 1.61 bits per heavy atom. The average Bonchev–Trinajstić information content (AvgIpc) is 2.71. The van der Waals surface area contributed by atoms with Crippen molar-refractivity contribution < 1.29 is 4.79 Å². The Morgan fingerprint density at radius 2 is 2.28 bits per heavy atom. The largest absolute Gasteiger partial charge is 0.368 e. The molecule has 2 unspecified atom stereocenters. The second-order valence-corrected chi connectivity index (χ2v) is 5.88. The molecule has 106 valence electrons. The first-order valence-corrected chi connectivity index (χ1v) is 6.73. The van der Waals surface area contributed by atoms with Crippen LogP contribution in [0.25, 0.3) is 0 Å². The molecular formula is C13H28N4O. The number of carbonyl (C=O) groups is 1. The Hall–Kier alpha value is -0.650. The molecule has 1 heterocycles. The summed E-state index contributed by atoms with van der Waals surface area (Å²) >= 11 is 0. The van der Waals surface area contributed by atoms with E-state index in [-0.39, 0.29) is 5.91 Å². The van der Waals surface area contributed by atoms with E-state index in [0.717, 1.165) is 25.4 Å². The van der Waals surface area contributed by atoms with Crippen LogP contribution in [-0.4, -0.2) is 68.6 Å². The van der Waals surface area contributed by atoms with Crippen LogP contribution in [0.3, 0.4) is 0 Å². The quantitative estimate of drug-likeness (QED) is 0.658. The van der Waals surface area contributed by atoms with E-state index in [1.54, 1.807) is 7.05 Å². The lowest BCUT2D eigenvalue weighted by molar-refractivity contribution is -0.124. The van der Waals surface area contributed by atoms with Crippen LogP contribution in [0.15, 0.2) is 0 Å². The third-order valence-electron chi connectivity index (χ3n) is 4.15. The van der Waals surface area contributed by atoms with Gasteiger partial charge in [0.25, 0.3) is 0 Å². The first-order valence-electron chi connectivity index (χ1n) is 6.73. The van der Waals surface area contributed by atoms with E-state index in [0.29, 0.717) is 0 Å². The van der Waals surface area contributed by atoms with Crippen molar-refractivity contribution >= 4 is 5.91 Å². The molecule has 1 saturated heterocycles. The zero-order chi connectivity index (χ0) is 13.8. The van der Waals surface area contributed by atoms with Gasteiger partial charge in [-0.25, -0.2) is 0 Å². The number of likely N-dealkylation sites (N-methyl/N-ethyl adjacent to an activating group) is 1. The number of nitrogens with zero attached hydrogens (tertiary/aromatic N) is 2. The van der Waals surface area contributed by atoms with Gasteiger partial charge in [-0.3, -0.25) is 4.79 Å². The Labute approximate surface area is 111 Å². The van der Waals surface area contributed by atoms with Gasteiger partial charge >= 0.3 is 0 Å². The topological polar surface area (TPSA) is 61.6 Å². The van der Waals surface area contributed by atoms with Crippen LogP contribution in [0.1, 0.15) is 19.8 Å². The molecule has 0 aliphatic carbocycles. The molecule has 2 atom stereocenters. The van der Waals surface area contributed by atoms with Crippen molar-refractivity contribution in [3.8, 4) is 0 Å². The van der Waals surface area contributed by atoms with E-state index in [1.165, 1.54) is 19.5 Å². The smallest absolute Gasteiger partial charge is 0.237 e. The molecule has 0 saturated carbocycles. The number of nitrogens with two attached hydrogens (primary N) is 1. The number of nitrogens with one attached hydrogen (secondary N) is 1. The maximum atomic E-state index is 11.4. The van der Waals surface area contributed by atoms with Crippen LogP contribution >= 0.6 is 0 Å². The van der Waals surface area contributed by atoms with Crippen LogP contribution in [-0.2, 0) is 4.79 Å². The van der Waals surface area contributed by atoms with Crippen molar-refractivity contribution in [1.82, 2.24) is 15.1 Å². The van der Waals surface area contributed by atoms with E-state index >= 15 is 0 Å². The van der Waals surface area contributed by atoms with Gasteiger partial charge in [-0.2, -0.15) is 0 Å². The number of amides is 1. The lowest BCUT2D eigenvalue weighted by Gasteiger charge is -2.29. The van der Waals surface area contributed by atoms with Gasteiger partial charge in [0.05, 0.1) is 5.54 Å². The fraction of sp³-hybridized carbons (Fsp3) is 0.923. The highest BCUT2D eigenvalue weighted by atomic mass is 16.1. The van der Waals surface area contributed by atoms with E-state index < -0.39 is 5.54 Å². The predicted molar refractivity (Wildman–Crippen MR) is 74.4 cm³/mol. The summed E-state index contributed by atoms with van der Waals surface area (Å²) in [5, 5.41) is 3.02. The van der Waals surface area contributed by atoms with Gasteiger partial charge in [0.15, 0.2) is 0 Å². The summed E-state index contributed by atoms with van der Waals surface area (Å²) in [4.78, 5) is 16.1. The number of rotatable bonds is 7. The van der Waals surface area contributed by atoms with Gasteiger partial charge in [0, 0.05) is 19.6 Å². The van der Waals surface area contributed by atoms with Gasteiger partial charge < -0.3 is 20.9 Å². The Bertz CT molecular complexity index is 284. The van der Waals surface area contributed by atoms with Gasteiger partial charge in [0.1, 0.15) is 0 Å². The Morgan fingerprint density at radius 3 is 2.72 bits per heavy atom. The molecule has 0 aromatic carbocycles. The summed E-state index contributed by atoms with van der Waals surface area (Å²) in [6.45, 7) is 6.24. The molecule has 0 bridgehead atoms. The van der Waals surface area contributed by atoms with Crippen molar-refractivity contribution in [2.24, 2.45) is 11.7 Å². The molecule has 1 aliphatic heterocycles. The van der Waals surface area contributed by atoms with Gasteiger partial charge in [0.2, 0.25) is 5.91 Å². The minimum absolute atomic E-state index is 0.279.